The zero-order chi connectivity index (χ0) is 23.2. The fourth-order valence-corrected chi connectivity index (χ4v) is 5.60. The smallest absolute Gasteiger partial charge is 0.263 e. The van der Waals surface area contributed by atoms with Crippen LogP contribution in [-0.4, -0.2) is 27.8 Å². The molecule has 0 fully saturated rings. The van der Waals surface area contributed by atoms with E-state index >= 15 is 0 Å². The van der Waals surface area contributed by atoms with Crippen molar-refractivity contribution in [3.63, 3.8) is 0 Å². The lowest BCUT2D eigenvalue weighted by Gasteiger charge is -2.18. The number of benzene rings is 2. The van der Waals surface area contributed by atoms with Gasteiger partial charge in [0.2, 0.25) is 0 Å². The minimum Gasteiger partial charge on any atom is -0.482 e. The maximum Gasteiger partial charge on any atom is 0.263 e. The lowest BCUT2D eigenvalue weighted by molar-refractivity contribution is -0.118. The molecule has 2 aliphatic rings. The molecule has 1 aliphatic carbocycles. The summed E-state index contributed by atoms with van der Waals surface area (Å²) in [7, 11) is 0. The number of Topliss-reactive ketones (excluding diaryl/α,β-unsaturated/α-hetero) is 1. The van der Waals surface area contributed by atoms with Crippen LogP contribution < -0.4 is 15.6 Å². The van der Waals surface area contributed by atoms with Gasteiger partial charge in [-0.3, -0.25) is 19.0 Å². The van der Waals surface area contributed by atoms with Crippen molar-refractivity contribution in [3.8, 4) is 16.9 Å². The largest absolute Gasteiger partial charge is 0.482 e. The first kappa shape index (κ1) is 20.8. The average Bonchev–Trinajstić information content (AvgIpc) is 3.30. The molecule has 34 heavy (non-hydrogen) atoms. The molecule has 0 saturated carbocycles. The van der Waals surface area contributed by atoms with Crippen molar-refractivity contribution in [1.29, 1.82) is 0 Å². The van der Waals surface area contributed by atoms with Gasteiger partial charge in [-0.05, 0) is 60.6 Å². The maximum absolute atomic E-state index is 13.4. The van der Waals surface area contributed by atoms with Crippen LogP contribution in [0, 0.1) is 0 Å². The number of anilines is 1. The summed E-state index contributed by atoms with van der Waals surface area (Å²) in [6.45, 7) is -0.191. The quantitative estimate of drug-likeness (QED) is 0.450. The summed E-state index contributed by atoms with van der Waals surface area (Å²) in [5, 5.41) is 5.22. The number of ketones is 1. The van der Waals surface area contributed by atoms with Crippen molar-refractivity contribution in [2.75, 3.05) is 11.9 Å². The van der Waals surface area contributed by atoms with E-state index in [0.717, 1.165) is 24.0 Å². The minimum absolute atomic E-state index is 0.0471. The number of thiophene rings is 1. The highest BCUT2D eigenvalue weighted by molar-refractivity contribution is 7.17. The Balaban J connectivity index is 1.34. The summed E-state index contributed by atoms with van der Waals surface area (Å²) in [6.07, 6.45) is 6.01. The van der Waals surface area contributed by atoms with Gasteiger partial charge in [-0.15, -0.1) is 11.3 Å². The summed E-state index contributed by atoms with van der Waals surface area (Å²) < 4.78 is 6.70. The van der Waals surface area contributed by atoms with E-state index in [2.05, 4.69) is 28.5 Å². The molecule has 7 nitrogen and oxygen atoms in total. The second-order valence-corrected chi connectivity index (χ2v) is 9.53. The summed E-state index contributed by atoms with van der Waals surface area (Å²) in [5.41, 5.74) is 5.23. The van der Waals surface area contributed by atoms with Crippen molar-refractivity contribution >= 4 is 38.9 Å². The number of carbonyl (C=O) groups excluding carboxylic acids is 2. The van der Waals surface area contributed by atoms with Crippen LogP contribution in [0.3, 0.4) is 0 Å². The highest BCUT2D eigenvalue weighted by Crippen LogP contribution is 2.33. The molecule has 6 rings (SSSR count). The molecule has 1 N–H and O–H groups in total. The van der Waals surface area contributed by atoms with E-state index in [-0.39, 0.29) is 30.4 Å². The van der Waals surface area contributed by atoms with Gasteiger partial charge < -0.3 is 10.1 Å². The molecule has 1 amide bonds. The second-order valence-electron chi connectivity index (χ2n) is 8.67. The van der Waals surface area contributed by atoms with Crippen LogP contribution in [-0.2, 0) is 24.2 Å². The number of hydrogen-bond acceptors (Lipinski definition) is 6. The van der Waals surface area contributed by atoms with Gasteiger partial charge in [0.25, 0.3) is 11.5 Å². The Hall–Kier alpha value is -3.78. The Morgan fingerprint density at radius 1 is 1.09 bits per heavy atom. The third-order valence-corrected chi connectivity index (χ3v) is 7.35. The summed E-state index contributed by atoms with van der Waals surface area (Å²) in [5.74, 6) is -0.00376. The predicted octanol–water partition coefficient (Wildman–Crippen LogP) is 4.22. The van der Waals surface area contributed by atoms with Crippen LogP contribution in [0.4, 0.5) is 5.69 Å². The lowest BCUT2D eigenvalue weighted by Crippen LogP contribution is -2.26. The van der Waals surface area contributed by atoms with Crippen LogP contribution in [0.5, 0.6) is 5.75 Å². The molecule has 0 saturated heterocycles. The Labute approximate surface area is 199 Å². The van der Waals surface area contributed by atoms with Crippen LogP contribution in [0.25, 0.3) is 21.3 Å². The van der Waals surface area contributed by atoms with Gasteiger partial charge >= 0.3 is 0 Å². The fraction of sp³-hybridized carbons (Fsp3) is 0.231. The van der Waals surface area contributed by atoms with Crippen molar-refractivity contribution in [1.82, 2.24) is 9.55 Å². The van der Waals surface area contributed by atoms with Gasteiger partial charge in [0, 0.05) is 16.5 Å². The van der Waals surface area contributed by atoms with Crippen LogP contribution >= 0.6 is 11.3 Å². The van der Waals surface area contributed by atoms with E-state index in [1.165, 1.54) is 46.2 Å². The second kappa shape index (κ2) is 8.22. The van der Waals surface area contributed by atoms with Gasteiger partial charge in [-0.1, -0.05) is 18.2 Å². The Bertz CT molecular complexity index is 1540. The molecular weight excluding hydrogens is 450 g/mol. The van der Waals surface area contributed by atoms with Gasteiger partial charge in [-0.25, -0.2) is 4.98 Å². The normalized spacial score (nSPS) is 14.8. The number of fused-ring (bicyclic) bond motifs is 3. The standard InChI is InChI=1S/C26H21N3O4S/c30-21(18-7-8-22-20(10-18)28-23(31)12-33-22)11-29-14-27-25-24(26(29)32)19(13-34-25)17-6-5-15-3-1-2-4-16(15)9-17/h5-10,13-14H,1-4,11-12H2,(H,28,31). The molecule has 1 aliphatic heterocycles. The SMILES string of the molecule is O=C1COc2ccc(C(=O)Cn3cnc4scc(-c5ccc6c(c5)CCCC6)c4c3=O)cc2N1. The Morgan fingerprint density at radius 2 is 1.94 bits per heavy atom. The Morgan fingerprint density at radius 3 is 2.82 bits per heavy atom. The average molecular weight is 472 g/mol. The topological polar surface area (TPSA) is 90.3 Å². The van der Waals surface area contributed by atoms with Crippen LogP contribution in [0.1, 0.15) is 34.3 Å². The van der Waals surface area contributed by atoms with Gasteiger partial charge in [-0.2, -0.15) is 0 Å². The van der Waals surface area contributed by atoms with Crippen molar-refractivity contribution in [3.05, 3.63) is 75.1 Å². The zero-order valence-electron chi connectivity index (χ0n) is 18.3. The number of nitrogens with zero attached hydrogens (tertiary/aromatic N) is 2. The van der Waals surface area contributed by atoms with E-state index in [0.29, 0.717) is 27.2 Å². The molecule has 8 heteroatoms. The highest BCUT2D eigenvalue weighted by Gasteiger charge is 2.20. The van der Waals surface area contributed by atoms with Crippen LogP contribution in [0.15, 0.2) is 52.9 Å². The summed E-state index contributed by atoms with van der Waals surface area (Å²) in [4.78, 5) is 43.1. The summed E-state index contributed by atoms with van der Waals surface area (Å²) >= 11 is 1.44. The molecule has 0 spiro atoms. The Kier molecular flexibility index (Phi) is 5.03. The predicted molar refractivity (Wildman–Crippen MR) is 131 cm³/mol. The number of amides is 1. The summed E-state index contributed by atoms with van der Waals surface area (Å²) in [6, 6.07) is 11.3. The molecule has 3 heterocycles. The third-order valence-electron chi connectivity index (χ3n) is 6.47. The molecule has 4 aromatic rings. The van der Waals surface area contributed by atoms with Crippen molar-refractivity contribution in [2.45, 2.75) is 32.2 Å². The van der Waals surface area contributed by atoms with Gasteiger partial charge in [0.1, 0.15) is 10.6 Å². The molecule has 0 unspecified atom stereocenters. The van der Waals surface area contributed by atoms with Gasteiger partial charge in [0.15, 0.2) is 12.4 Å². The van der Waals surface area contributed by atoms with E-state index in [1.807, 2.05) is 5.38 Å². The van der Waals surface area contributed by atoms with Gasteiger partial charge in [0.05, 0.1) is 23.9 Å². The monoisotopic (exact) mass is 471 g/mol. The first-order valence-electron chi connectivity index (χ1n) is 11.3. The molecule has 2 aromatic carbocycles. The highest BCUT2D eigenvalue weighted by atomic mass is 32.1. The van der Waals surface area contributed by atoms with E-state index in [9.17, 15) is 14.4 Å². The van der Waals surface area contributed by atoms with E-state index < -0.39 is 0 Å². The van der Waals surface area contributed by atoms with Crippen molar-refractivity contribution in [2.24, 2.45) is 0 Å². The molecule has 0 atom stereocenters. The minimum atomic E-state index is -0.268. The zero-order valence-corrected chi connectivity index (χ0v) is 19.1. The number of hydrogen-bond donors (Lipinski definition) is 1. The molecule has 0 bridgehead atoms. The van der Waals surface area contributed by atoms with E-state index in [1.54, 1.807) is 18.2 Å². The van der Waals surface area contributed by atoms with E-state index in [4.69, 9.17) is 4.74 Å². The number of rotatable bonds is 4. The lowest BCUT2D eigenvalue weighted by atomic mass is 9.89. The maximum atomic E-state index is 13.4. The van der Waals surface area contributed by atoms with Crippen LogP contribution in [0.2, 0.25) is 0 Å². The molecule has 0 radical (unpaired) electrons. The fourth-order valence-electron chi connectivity index (χ4n) is 4.70. The molecule has 2 aromatic heterocycles. The number of aromatic nitrogens is 2. The van der Waals surface area contributed by atoms with Crippen molar-refractivity contribution < 1.29 is 14.3 Å². The molecular formula is C26H21N3O4S. The number of ether oxygens (including phenoxy) is 1. The number of carbonyl (C=O) groups is 2. The number of aryl methyl sites for hydroxylation is 2. The first-order chi connectivity index (χ1) is 16.6. The number of nitrogens with one attached hydrogen (secondary N) is 1. The first-order valence-corrected chi connectivity index (χ1v) is 12.1. The molecule has 170 valence electrons. The third kappa shape index (κ3) is 3.60.